The minimum absolute atomic E-state index is 0.213. The Labute approximate surface area is 110 Å². The Balaban J connectivity index is 1.98. The molecular formula is C14H25N3O. The largest absolute Gasteiger partial charge is 0.371 e. The van der Waals surface area contributed by atoms with E-state index in [1.807, 2.05) is 11.6 Å². The SMILES string of the molecule is CCn1nc(C)cc1COC1CCNCC1(C)C. The van der Waals surface area contributed by atoms with Crippen molar-refractivity contribution in [2.24, 2.45) is 5.41 Å². The van der Waals surface area contributed by atoms with E-state index in [0.717, 1.165) is 31.7 Å². The van der Waals surface area contributed by atoms with Gasteiger partial charge in [0.2, 0.25) is 0 Å². The van der Waals surface area contributed by atoms with Gasteiger partial charge in [-0.25, -0.2) is 0 Å². The zero-order valence-corrected chi connectivity index (χ0v) is 12.0. The standard InChI is InChI=1S/C14H25N3O/c1-5-17-12(8-11(2)16-17)9-18-13-6-7-15-10-14(13,3)4/h8,13,15H,5-7,9-10H2,1-4H3. The van der Waals surface area contributed by atoms with Crippen molar-refractivity contribution in [1.29, 1.82) is 0 Å². The quantitative estimate of drug-likeness (QED) is 0.891. The summed E-state index contributed by atoms with van der Waals surface area (Å²) in [5.74, 6) is 0. The van der Waals surface area contributed by atoms with Gasteiger partial charge in [-0.3, -0.25) is 4.68 Å². The fourth-order valence-corrected chi connectivity index (χ4v) is 2.63. The number of nitrogens with zero attached hydrogens (tertiary/aromatic N) is 2. The summed E-state index contributed by atoms with van der Waals surface area (Å²) in [6.45, 7) is 12.3. The third-order valence-corrected chi connectivity index (χ3v) is 3.75. The lowest BCUT2D eigenvalue weighted by molar-refractivity contribution is -0.0540. The number of nitrogens with one attached hydrogen (secondary N) is 1. The summed E-state index contributed by atoms with van der Waals surface area (Å²) in [5, 5.41) is 7.89. The van der Waals surface area contributed by atoms with Crippen molar-refractivity contribution in [2.45, 2.75) is 53.4 Å². The Morgan fingerprint density at radius 1 is 1.56 bits per heavy atom. The van der Waals surface area contributed by atoms with Crippen LogP contribution >= 0.6 is 0 Å². The Hall–Kier alpha value is -0.870. The van der Waals surface area contributed by atoms with E-state index in [4.69, 9.17) is 4.74 Å². The normalized spacial score (nSPS) is 23.2. The summed E-state index contributed by atoms with van der Waals surface area (Å²) < 4.78 is 8.17. The second-order valence-electron chi connectivity index (χ2n) is 5.85. The van der Waals surface area contributed by atoms with Crippen LogP contribution in [0, 0.1) is 12.3 Å². The summed E-state index contributed by atoms with van der Waals surface area (Å²) in [7, 11) is 0. The predicted molar refractivity (Wildman–Crippen MR) is 72.5 cm³/mol. The first-order chi connectivity index (χ1) is 8.53. The van der Waals surface area contributed by atoms with Crippen molar-refractivity contribution in [3.63, 3.8) is 0 Å². The Kier molecular flexibility index (Phi) is 4.07. The molecule has 1 saturated heterocycles. The first-order valence-electron chi connectivity index (χ1n) is 6.88. The first kappa shape index (κ1) is 13.6. The second-order valence-corrected chi connectivity index (χ2v) is 5.85. The minimum Gasteiger partial charge on any atom is -0.371 e. The molecule has 1 aliphatic rings. The maximum atomic E-state index is 6.14. The lowest BCUT2D eigenvalue weighted by Gasteiger charge is -2.38. The molecule has 1 N–H and O–H groups in total. The molecule has 1 fully saturated rings. The molecule has 0 amide bonds. The summed E-state index contributed by atoms with van der Waals surface area (Å²) in [6.07, 6.45) is 1.42. The van der Waals surface area contributed by atoms with Crippen molar-refractivity contribution >= 4 is 0 Å². The van der Waals surface area contributed by atoms with E-state index in [9.17, 15) is 0 Å². The average Bonchev–Trinajstić information content (AvgIpc) is 2.68. The Bertz CT molecular complexity index is 398. The summed E-state index contributed by atoms with van der Waals surface area (Å²) in [4.78, 5) is 0. The molecule has 2 heterocycles. The van der Waals surface area contributed by atoms with Crippen LogP contribution in [0.3, 0.4) is 0 Å². The molecule has 102 valence electrons. The zero-order chi connectivity index (χ0) is 13.2. The summed E-state index contributed by atoms with van der Waals surface area (Å²) in [6, 6.07) is 2.12. The predicted octanol–water partition coefficient (Wildman–Crippen LogP) is 2.12. The van der Waals surface area contributed by atoms with Gasteiger partial charge < -0.3 is 10.1 Å². The molecular weight excluding hydrogens is 226 g/mol. The summed E-state index contributed by atoms with van der Waals surface area (Å²) in [5.41, 5.74) is 2.47. The molecule has 0 radical (unpaired) electrons. The van der Waals surface area contributed by atoms with Crippen LogP contribution in [0.25, 0.3) is 0 Å². The fraction of sp³-hybridized carbons (Fsp3) is 0.786. The topological polar surface area (TPSA) is 39.1 Å². The van der Waals surface area contributed by atoms with Gasteiger partial charge >= 0.3 is 0 Å². The number of ether oxygens (including phenoxy) is 1. The van der Waals surface area contributed by atoms with Gasteiger partial charge in [0.1, 0.15) is 0 Å². The van der Waals surface area contributed by atoms with Gasteiger partial charge in [-0.1, -0.05) is 13.8 Å². The Morgan fingerprint density at radius 2 is 2.33 bits per heavy atom. The molecule has 0 bridgehead atoms. The average molecular weight is 251 g/mol. The zero-order valence-electron chi connectivity index (χ0n) is 12.0. The molecule has 1 aromatic rings. The number of aryl methyl sites for hydroxylation is 2. The van der Waals surface area contributed by atoms with Gasteiger partial charge in [0, 0.05) is 18.5 Å². The first-order valence-corrected chi connectivity index (χ1v) is 6.88. The van der Waals surface area contributed by atoms with Crippen molar-refractivity contribution in [3.05, 3.63) is 17.5 Å². The number of aromatic nitrogens is 2. The molecule has 18 heavy (non-hydrogen) atoms. The van der Waals surface area contributed by atoms with Crippen LogP contribution in [0.2, 0.25) is 0 Å². The minimum atomic E-state index is 0.213. The fourth-order valence-electron chi connectivity index (χ4n) is 2.63. The van der Waals surface area contributed by atoms with Crippen LogP contribution < -0.4 is 5.32 Å². The smallest absolute Gasteiger partial charge is 0.0888 e. The molecule has 0 spiro atoms. The van der Waals surface area contributed by atoms with E-state index in [2.05, 4.69) is 37.3 Å². The van der Waals surface area contributed by atoms with E-state index in [1.165, 1.54) is 5.69 Å². The van der Waals surface area contributed by atoms with E-state index in [1.54, 1.807) is 0 Å². The highest BCUT2D eigenvalue weighted by Gasteiger charge is 2.33. The third-order valence-electron chi connectivity index (χ3n) is 3.75. The highest BCUT2D eigenvalue weighted by atomic mass is 16.5. The van der Waals surface area contributed by atoms with Crippen LogP contribution in [-0.4, -0.2) is 29.0 Å². The van der Waals surface area contributed by atoms with Crippen LogP contribution in [0.1, 0.15) is 38.6 Å². The van der Waals surface area contributed by atoms with E-state index in [0.29, 0.717) is 12.7 Å². The molecule has 0 aromatic carbocycles. The van der Waals surface area contributed by atoms with Gasteiger partial charge in [-0.2, -0.15) is 5.10 Å². The van der Waals surface area contributed by atoms with Crippen LogP contribution in [0.4, 0.5) is 0 Å². The number of piperidine rings is 1. The van der Waals surface area contributed by atoms with Crippen LogP contribution in [0.15, 0.2) is 6.07 Å². The van der Waals surface area contributed by atoms with Gasteiger partial charge in [0.15, 0.2) is 0 Å². The maximum Gasteiger partial charge on any atom is 0.0888 e. The van der Waals surface area contributed by atoms with Gasteiger partial charge in [-0.05, 0) is 32.9 Å². The van der Waals surface area contributed by atoms with Gasteiger partial charge in [0.25, 0.3) is 0 Å². The molecule has 4 nitrogen and oxygen atoms in total. The lowest BCUT2D eigenvalue weighted by atomic mass is 9.82. The summed E-state index contributed by atoms with van der Waals surface area (Å²) >= 11 is 0. The van der Waals surface area contributed by atoms with E-state index in [-0.39, 0.29) is 5.41 Å². The molecule has 1 aromatic heterocycles. The molecule has 2 rings (SSSR count). The molecule has 1 unspecified atom stereocenters. The monoisotopic (exact) mass is 251 g/mol. The molecule has 0 saturated carbocycles. The molecule has 1 aliphatic heterocycles. The van der Waals surface area contributed by atoms with E-state index < -0.39 is 0 Å². The van der Waals surface area contributed by atoms with Gasteiger partial charge in [0.05, 0.1) is 24.1 Å². The second kappa shape index (κ2) is 5.41. The number of rotatable bonds is 4. The maximum absolute atomic E-state index is 6.14. The van der Waals surface area contributed by atoms with Crippen molar-refractivity contribution < 1.29 is 4.74 Å². The van der Waals surface area contributed by atoms with Crippen molar-refractivity contribution in [2.75, 3.05) is 13.1 Å². The lowest BCUT2D eigenvalue weighted by Crippen LogP contribution is -2.47. The van der Waals surface area contributed by atoms with E-state index >= 15 is 0 Å². The number of hydrogen-bond donors (Lipinski definition) is 1. The van der Waals surface area contributed by atoms with Crippen molar-refractivity contribution in [3.8, 4) is 0 Å². The molecule has 1 atom stereocenters. The molecule has 4 heteroatoms. The van der Waals surface area contributed by atoms with Crippen LogP contribution in [0.5, 0.6) is 0 Å². The Morgan fingerprint density at radius 3 is 3.00 bits per heavy atom. The third kappa shape index (κ3) is 2.93. The highest BCUT2D eigenvalue weighted by molar-refractivity contribution is 5.08. The molecule has 0 aliphatic carbocycles. The number of hydrogen-bond acceptors (Lipinski definition) is 3. The highest BCUT2D eigenvalue weighted by Crippen LogP contribution is 2.28. The van der Waals surface area contributed by atoms with Crippen LogP contribution in [-0.2, 0) is 17.9 Å². The van der Waals surface area contributed by atoms with Gasteiger partial charge in [-0.15, -0.1) is 0 Å². The van der Waals surface area contributed by atoms with Crippen molar-refractivity contribution in [1.82, 2.24) is 15.1 Å².